The zero-order chi connectivity index (χ0) is 49.0. The van der Waals surface area contributed by atoms with Crippen molar-refractivity contribution in [3.8, 4) is 11.1 Å². The van der Waals surface area contributed by atoms with E-state index in [1.54, 1.807) is 35.3 Å². The van der Waals surface area contributed by atoms with Crippen molar-refractivity contribution in [1.29, 1.82) is 0 Å². The molecule has 3 saturated heterocycles. The number of hydrogen-bond acceptors (Lipinski definition) is 12. The van der Waals surface area contributed by atoms with Gasteiger partial charge in [0.15, 0.2) is 0 Å². The molecule has 368 valence electrons. The van der Waals surface area contributed by atoms with Gasteiger partial charge in [0.25, 0.3) is 17.4 Å². The van der Waals surface area contributed by atoms with E-state index in [9.17, 15) is 29.1 Å². The van der Waals surface area contributed by atoms with Gasteiger partial charge in [-0.3, -0.25) is 44.0 Å². The molecule has 10 heterocycles. The average molecular weight is 960 g/mol. The molecule has 1 aromatic carbocycles. The van der Waals surface area contributed by atoms with Crippen molar-refractivity contribution < 1.29 is 24.3 Å². The number of rotatable bonds is 8. The van der Waals surface area contributed by atoms with E-state index < -0.39 is 6.04 Å². The van der Waals surface area contributed by atoms with Crippen LogP contribution in [0.3, 0.4) is 0 Å². The number of imide groups is 1. The molecule has 4 atom stereocenters. The van der Waals surface area contributed by atoms with Crippen molar-refractivity contribution >= 4 is 46.6 Å². The number of aromatic nitrogens is 4. The number of carbonyl (C=O) groups is 4. The summed E-state index contributed by atoms with van der Waals surface area (Å²) in [6.45, 7) is 12.6. The summed E-state index contributed by atoms with van der Waals surface area (Å²) < 4.78 is 3.68. The number of nitrogens with one attached hydrogen (secondary N) is 2. The maximum Gasteiger partial charge on any atom is 0.276 e. The highest BCUT2D eigenvalue weighted by Gasteiger charge is 2.44. The summed E-state index contributed by atoms with van der Waals surface area (Å²) in [5.74, 6) is 0.0516. The molecule has 71 heavy (non-hydrogen) atoms. The van der Waals surface area contributed by atoms with Crippen molar-refractivity contribution in [3.05, 3.63) is 116 Å². The maximum absolute atomic E-state index is 14.0. The van der Waals surface area contributed by atoms with Crippen LogP contribution in [-0.4, -0.2) is 119 Å². The second kappa shape index (κ2) is 17.3. The highest BCUT2D eigenvalue weighted by molar-refractivity contribution is 6.07. The van der Waals surface area contributed by atoms with Crippen molar-refractivity contribution in [2.45, 2.75) is 116 Å². The van der Waals surface area contributed by atoms with Gasteiger partial charge < -0.3 is 29.4 Å². The van der Waals surface area contributed by atoms with Gasteiger partial charge in [-0.25, -0.2) is 9.97 Å². The second-order valence-electron chi connectivity index (χ2n) is 21.7. The van der Waals surface area contributed by atoms with Gasteiger partial charge in [0.1, 0.15) is 29.1 Å². The minimum absolute atomic E-state index is 0.115. The van der Waals surface area contributed by atoms with E-state index in [0.29, 0.717) is 83.4 Å². The van der Waals surface area contributed by atoms with Crippen LogP contribution in [0.25, 0.3) is 11.1 Å². The van der Waals surface area contributed by atoms with Gasteiger partial charge in [0.2, 0.25) is 11.8 Å². The number of nitrogens with zero attached hydrogens (tertiary/aromatic N) is 9. The third kappa shape index (κ3) is 7.83. The molecule has 1 unspecified atom stereocenters. The SMILES string of the molecule is C[C@H]1CN([C@@H]2CCN3Cc4ccc5c(c4C[C@@H]3C2)CN(C2CCC(=O)NC2=O)C5=O)CCN1c1ccc(Nc2cc(-c3ccnc(N4CCn5c(cc6c5CC(C)(C)C6)C4=O)c3CO)cn(C)c2=O)nc1. The summed E-state index contributed by atoms with van der Waals surface area (Å²) in [5, 5.41) is 16.5. The number of fused-ring (bicyclic) bond motifs is 7. The Morgan fingerprint density at radius 2 is 1.69 bits per heavy atom. The van der Waals surface area contributed by atoms with Gasteiger partial charge in [-0.15, -0.1) is 0 Å². The number of anilines is 4. The zero-order valence-corrected chi connectivity index (χ0v) is 40.9. The quantitative estimate of drug-likeness (QED) is 0.185. The monoisotopic (exact) mass is 959 g/mol. The van der Waals surface area contributed by atoms with Crippen LogP contribution in [0.4, 0.5) is 23.0 Å². The van der Waals surface area contributed by atoms with Crippen LogP contribution < -0.4 is 26.0 Å². The lowest BCUT2D eigenvalue weighted by Gasteiger charge is -2.49. The number of hydrogen-bond donors (Lipinski definition) is 3. The first kappa shape index (κ1) is 45.4. The number of aliphatic hydroxyl groups is 1. The second-order valence-corrected chi connectivity index (χ2v) is 21.7. The first-order chi connectivity index (χ1) is 34.2. The molecular formula is C54H61N11O6. The Labute approximate surface area is 412 Å². The first-order valence-corrected chi connectivity index (χ1v) is 25.3. The van der Waals surface area contributed by atoms with Gasteiger partial charge in [-0.1, -0.05) is 19.9 Å². The molecule has 17 heteroatoms. The third-order valence-electron chi connectivity index (χ3n) is 16.6. The van der Waals surface area contributed by atoms with E-state index in [2.05, 4.69) is 67.8 Å². The fourth-order valence-corrected chi connectivity index (χ4v) is 13.1. The van der Waals surface area contributed by atoms with E-state index in [4.69, 9.17) is 4.98 Å². The molecule has 7 aliphatic rings. The fourth-order valence-electron chi connectivity index (χ4n) is 13.1. The minimum atomic E-state index is -0.618. The van der Waals surface area contributed by atoms with Gasteiger partial charge in [0.05, 0.1) is 18.5 Å². The van der Waals surface area contributed by atoms with Gasteiger partial charge in [0, 0.05) is 119 Å². The largest absolute Gasteiger partial charge is 0.392 e. The number of carbonyl (C=O) groups excluding carboxylic acids is 4. The molecule has 5 aromatic rings. The Morgan fingerprint density at radius 1 is 0.831 bits per heavy atom. The Kier molecular flexibility index (Phi) is 11.1. The van der Waals surface area contributed by atoms with Crippen LogP contribution >= 0.6 is 0 Å². The number of piperidine rings is 2. The number of pyridine rings is 3. The number of piperazine rings is 1. The third-order valence-corrected chi connectivity index (χ3v) is 16.6. The molecule has 6 aliphatic heterocycles. The highest BCUT2D eigenvalue weighted by Crippen LogP contribution is 2.42. The lowest BCUT2D eigenvalue weighted by atomic mass is 9.83. The van der Waals surface area contributed by atoms with Gasteiger partial charge in [-0.05, 0) is 115 Å². The number of aliphatic hydroxyl groups excluding tert-OH is 1. The fraction of sp³-hybridized carbons (Fsp3) is 0.463. The van der Waals surface area contributed by atoms with Gasteiger partial charge >= 0.3 is 0 Å². The molecule has 0 radical (unpaired) electrons. The van der Waals surface area contributed by atoms with E-state index in [-0.39, 0.29) is 53.7 Å². The van der Waals surface area contributed by atoms with Crippen molar-refractivity contribution in [3.63, 3.8) is 0 Å². The molecule has 4 aromatic heterocycles. The number of amides is 4. The predicted octanol–water partition coefficient (Wildman–Crippen LogP) is 4.53. The normalized spacial score (nSPS) is 24.1. The lowest BCUT2D eigenvalue weighted by Crippen LogP contribution is -2.58. The van der Waals surface area contributed by atoms with E-state index in [1.807, 2.05) is 30.5 Å². The molecule has 0 saturated carbocycles. The van der Waals surface area contributed by atoms with Crippen LogP contribution in [0.2, 0.25) is 0 Å². The lowest BCUT2D eigenvalue weighted by molar-refractivity contribution is -0.136. The summed E-state index contributed by atoms with van der Waals surface area (Å²) in [6, 6.07) is 14.1. The van der Waals surface area contributed by atoms with Gasteiger partial charge in [-0.2, -0.15) is 0 Å². The molecule has 0 bridgehead atoms. The van der Waals surface area contributed by atoms with Crippen LogP contribution in [0, 0.1) is 5.41 Å². The van der Waals surface area contributed by atoms with Crippen molar-refractivity contribution in [2.75, 3.05) is 47.8 Å². The minimum Gasteiger partial charge on any atom is -0.392 e. The molecule has 3 fully saturated rings. The summed E-state index contributed by atoms with van der Waals surface area (Å²) in [7, 11) is 1.70. The van der Waals surface area contributed by atoms with Crippen molar-refractivity contribution in [1.82, 2.24) is 39.1 Å². The molecule has 0 spiro atoms. The maximum atomic E-state index is 14.0. The number of benzene rings is 1. The predicted molar refractivity (Wildman–Crippen MR) is 267 cm³/mol. The first-order valence-electron chi connectivity index (χ1n) is 25.3. The summed E-state index contributed by atoms with van der Waals surface area (Å²) in [5.41, 5.74) is 10.6. The molecule has 3 N–H and O–H groups in total. The molecule has 17 nitrogen and oxygen atoms in total. The van der Waals surface area contributed by atoms with Crippen LogP contribution in [-0.2, 0) is 62.1 Å². The molecule has 12 rings (SSSR count). The Morgan fingerprint density at radius 3 is 2.48 bits per heavy atom. The number of aryl methyl sites for hydroxylation is 1. The molecule has 4 amide bonds. The van der Waals surface area contributed by atoms with E-state index >= 15 is 0 Å². The topological polar surface area (TPSA) is 181 Å². The summed E-state index contributed by atoms with van der Waals surface area (Å²) in [4.78, 5) is 86.2. The van der Waals surface area contributed by atoms with E-state index in [0.717, 1.165) is 76.1 Å². The summed E-state index contributed by atoms with van der Waals surface area (Å²) >= 11 is 0. The Balaban J connectivity index is 0.698. The average Bonchev–Trinajstić information content (AvgIpc) is 3.98. The highest BCUT2D eigenvalue weighted by atomic mass is 16.3. The smallest absolute Gasteiger partial charge is 0.276 e. The zero-order valence-electron chi connectivity index (χ0n) is 40.9. The molecule has 1 aliphatic carbocycles. The molecular weight excluding hydrogens is 899 g/mol. The summed E-state index contributed by atoms with van der Waals surface area (Å²) in [6.07, 6.45) is 10.8. The van der Waals surface area contributed by atoms with Crippen LogP contribution in [0.5, 0.6) is 0 Å². The van der Waals surface area contributed by atoms with Crippen molar-refractivity contribution in [2.24, 2.45) is 12.5 Å². The Hall–Kier alpha value is -6.69. The van der Waals surface area contributed by atoms with E-state index in [1.165, 1.54) is 27.0 Å². The van der Waals surface area contributed by atoms with Crippen LogP contribution in [0.15, 0.2) is 65.8 Å². The standard InChI is InChI=1S/C54H61N11O6/c1-31-26-61(35-12-14-60-28-32-5-7-39-41(40(32)22-37(60)21-35)29-65(51(39)69)44-8-10-48(67)58-50(44)68)15-16-62(31)36-6-9-47(56-25-36)57-43-19-34(27-59(4)52(43)70)38-11-13-55-49(42(38)30-66)64-18-17-63-45(53(64)71)20-33-23-54(2,3)24-46(33)63/h5-7,9,11,13,19-20,25,27,31,35,37,44,66H,8,10,12,14-18,21-24,26,28-30H2,1-4H3,(H,56,57)(H,58,67,68)/t31-,35+,37-,44?/m0/s1. The Bertz CT molecular complexity index is 3110. The van der Waals surface area contributed by atoms with Crippen LogP contribution in [0.1, 0.15) is 101 Å².